The fraction of sp³-hybridized carbons (Fsp3) is 0.474. The fourth-order valence-electron chi connectivity index (χ4n) is 3.37. The number of benzene rings is 1. The molecule has 0 fully saturated rings. The van der Waals surface area contributed by atoms with Crippen molar-refractivity contribution in [1.29, 1.82) is 0 Å². The fourth-order valence-corrected chi connectivity index (χ4v) is 6.65. The van der Waals surface area contributed by atoms with Gasteiger partial charge in [0.25, 0.3) is 0 Å². The highest BCUT2D eigenvalue weighted by Crippen LogP contribution is 2.52. The lowest BCUT2D eigenvalue weighted by atomic mass is 9.85. The van der Waals surface area contributed by atoms with Crippen molar-refractivity contribution in [3.05, 3.63) is 32.0 Å². The van der Waals surface area contributed by atoms with Crippen LogP contribution in [0.3, 0.4) is 0 Å². The number of hydrogen-bond acceptors (Lipinski definition) is 4. The first-order valence-corrected chi connectivity index (χ1v) is 10.8. The molecule has 0 spiro atoms. The van der Waals surface area contributed by atoms with E-state index in [-0.39, 0.29) is 11.4 Å². The molecule has 0 saturated carbocycles. The van der Waals surface area contributed by atoms with Crippen molar-refractivity contribution in [2.75, 3.05) is 4.90 Å². The Morgan fingerprint density at radius 3 is 2.46 bits per heavy atom. The van der Waals surface area contributed by atoms with Gasteiger partial charge in [0.1, 0.15) is 3.82 Å². The molecule has 0 aliphatic carbocycles. The minimum absolute atomic E-state index is 0.189. The zero-order valence-corrected chi connectivity index (χ0v) is 17.5. The van der Waals surface area contributed by atoms with Gasteiger partial charge in [-0.25, -0.2) is 0 Å². The Morgan fingerprint density at radius 2 is 1.83 bits per heavy atom. The van der Waals surface area contributed by atoms with E-state index < -0.39 is 0 Å². The summed E-state index contributed by atoms with van der Waals surface area (Å²) in [7, 11) is 3.36. The van der Waals surface area contributed by atoms with Crippen molar-refractivity contribution in [2.24, 2.45) is 5.92 Å². The summed E-state index contributed by atoms with van der Waals surface area (Å²) in [6, 6.07) is 4.36. The molecule has 0 N–H and O–H groups in total. The molecule has 1 aliphatic heterocycles. The molecule has 0 bridgehead atoms. The summed E-state index contributed by atoms with van der Waals surface area (Å²) in [6.07, 6.45) is 0.556. The zero-order valence-electron chi connectivity index (χ0n) is 15.0. The largest absolute Gasteiger partial charge is 0.301 e. The van der Waals surface area contributed by atoms with Crippen molar-refractivity contribution in [3.8, 4) is 11.1 Å². The second kappa shape index (κ2) is 6.04. The summed E-state index contributed by atoms with van der Waals surface area (Å²) in [4.78, 5) is 16.3. The first-order chi connectivity index (χ1) is 11.1. The van der Waals surface area contributed by atoms with Crippen LogP contribution in [0, 0.1) is 23.6 Å². The number of fused-ring (bicyclic) bond motifs is 3. The van der Waals surface area contributed by atoms with Crippen LogP contribution in [0.2, 0.25) is 0 Å². The molecule has 2 nitrogen and oxygen atoms in total. The lowest BCUT2D eigenvalue weighted by molar-refractivity contribution is -0.120. The molecule has 3 rings (SSSR count). The van der Waals surface area contributed by atoms with Crippen molar-refractivity contribution in [3.63, 3.8) is 0 Å². The van der Waals surface area contributed by atoms with Crippen LogP contribution in [-0.4, -0.2) is 5.91 Å². The molecule has 1 aliphatic rings. The van der Waals surface area contributed by atoms with Crippen LogP contribution in [0.25, 0.3) is 11.1 Å². The van der Waals surface area contributed by atoms with E-state index in [1.807, 2.05) is 4.90 Å². The molecule has 2 aromatic rings. The molecule has 0 radical (unpaired) electrons. The lowest BCUT2D eigenvalue weighted by Crippen LogP contribution is -2.48. The molecule has 0 unspecified atom stereocenters. The van der Waals surface area contributed by atoms with Crippen LogP contribution >= 0.6 is 32.9 Å². The predicted molar refractivity (Wildman–Crippen MR) is 108 cm³/mol. The standard InChI is InChI=1S/C19H23NOS3/c1-10(2)7-15(21)20-14-9-12(4)11(3)8-13(14)16-17(19(20,5)6)23-24-18(16)22/h8-10H,7H2,1-6H3. The van der Waals surface area contributed by atoms with E-state index in [1.54, 1.807) is 20.7 Å². The first kappa shape index (κ1) is 17.8. The highest BCUT2D eigenvalue weighted by Gasteiger charge is 2.42. The molecule has 0 saturated heterocycles. The van der Waals surface area contributed by atoms with Gasteiger partial charge in [-0.1, -0.05) is 46.7 Å². The number of nitrogens with zero attached hydrogens (tertiary/aromatic N) is 1. The molecule has 128 valence electrons. The van der Waals surface area contributed by atoms with Gasteiger partial charge in [-0.3, -0.25) is 4.79 Å². The van der Waals surface area contributed by atoms with Gasteiger partial charge in [-0.05, 0) is 56.9 Å². The Bertz CT molecular complexity index is 873. The van der Waals surface area contributed by atoms with E-state index in [1.165, 1.54) is 16.0 Å². The van der Waals surface area contributed by atoms with Crippen LogP contribution in [0.4, 0.5) is 5.69 Å². The van der Waals surface area contributed by atoms with Crippen LogP contribution in [0.5, 0.6) is 0 Å². The Kier molecular flexibility index (Phi) is 4.47. The summed E-state index contributed by atoms with van der Waals surface area (Å²) < 4.78 is 0.934. The van der Waals surface area contributed by atoms with Gasteiger partial charge in [0.15, 0.2) is 0 Å². The Morgan fingerprint density at radius 1 is 1.21 bits per heavy atom. The van der Waals surface area contributed by atoms with Crippen molar-refractivity contribution in [1.82, 2.24) is 0 Å². The van der Waals surface area contributed by atoms with E-state index >= 15 is 0 Å². The third-order valence-electron chi connectivity index (χ3n) is 4.70. The average molecular weight is 378 g/mol. The van der Waals surface area contributed by atoms with Gasteiger partial charge in [-0.15, -0.1) is 0 Å². The second-order valence-electron chi connectivity index (χ2n) is 7.50. The van der Waals surface area contributed by atoms with Crippen molar-refractivity contribution < 1.29 is 4.79 Å². The minimum Gasteiger partial charge on any atom is -0.301 e. The van der Waals surface area contributed by atoms with Crippen LogP contribution in [0.15, 0.2) is 12.1 Å². The molecular formula is C19H23NOS3. The molecule has 1 aromatic heterocycles. The maximum atomic E-state index is 13.1. The number of anilines is 1. The van der Waals surface area contributed by atoms with E-state index in [0.717, 1.165) is 20.6 Å². The van der Waals surface area contributed by atoms with Gasteiger partial charge >= 0.3 is 0 Å². The second-order valence-corrected chi connectivity index (χ2v) is 10.3. The normalized spacial score (nSPS) is 15.4. The topological polar surface area (TPSA) is 20.3 Å². The van der Waals surface area contributed by atoms with Crippen LogP contribution < -0.4 is 4.90 Å². The van der Waals surface area contributed by atoms with Crippen LogP contribution in [0.1, 0.15) is 50.1 Å². The Balaban J connectivity index is 2.31. The Labute approximate surface area is 156 Å². The summed E-state index contributed by atoms with van der Waals surface area (Å²) in [5.74, 6) is 0.528. The van der Waals surface area contributed by atoms with Gasteiger partial charge in [0.2, 0.25) is 5.91 Å². The van der Waals surface area contributed by atoms with Gasteiger partial charge in [-0.2, -0.15) is 0 Å². The summed E-state index contributed by atoms with van der Waals surface area (Å²) in [5.41, 5.74) is 5.37. The zero-order chi connectivity index (χ0) is 17.8. The quantitative estimate of drug-likeness (QED) is 0.443. The SMILES string of the molecule is Cc1cc2c(cc1C)N(C(=O)CC(C)C)C(C)(C)c1ssc(=S)c1-2. The lowest BCUT2D eigenvalue weighted by Gasteiger charge is -2.43. The molecule has 1 aromatic carbocycles. The van der Waals surface area contributed by atoms with Gasteiger partial charge < -0.3 is 4.90 Å². The number of hydrogen-bond donors (Lipinski definition) is 0. The van der Waals surface area contributed by atoms with E-state index in [2.05, 4.69) is 53.7 Å². The number of aryl methyl sites for hydroxylation is 2. The minimum atomic E-state index is -0.367. The molecule has 0 atom stereocenters. The molecule has 2 heterocycles. The third-order valence-corrected chi connectivity index (χ3v) is 8.03. The van der Waals surface area contributed by atoms with Crippen LogP contribution in [-0.2, 0) is 10.3 Å². The maximum Gasteiger partial charge on any atom is 0.228 e. The van der Waals surface area contributed by atoms with Crippen molar-refractivity contribution >= 4 is 44.5 Å². The summed E-state index contributed by atoms with van der Waals surface area (Å²) in [6.45, 7) is 12.7. The number of amides is 1. The maximum absolute atomic E-state index is 13.1. The molecule has 24 heavy (non-hydrogen) atoms. The number of rotatable bonds is 2. The number of carbonyl (C=O) groups is 1. The third kappa shape index (κ3) is 2.67. The number of carbonyl (C=O) groups excluding carboxylic acids is 1. The molecule has 5 heteroatoms. The predicted octanol–water partition coefficient (Wildman–Crippen LogP) is 6.45. The highest BCUT2D eigenvalue weighted by molar-refractivity contribution is 7.80. The van der Waals surface area contributed by atoms with Gasteiger partial charge in [0, 0.05) is 17.5 Å². The molecule has 1 amide bonds. The Hall–Kier alpha value is -1.04. The summed E-state index contributed by atoms with van der Waals surface area (Å²) in [5, 5.41) is 0. The van der Waals surface area contributed by atoms with E-state index in [9.17, 15) is 4.79 Å². The van der Waals surface area contributed by atoms with E-state index in [0.29, 0.717) is 12.3 Å². The molecular weight excluding hydrogens is 354 g/mol. The highest BCUT2D eigenvalue weighted by atomic mass is 32.9. The summed E-state index contributed by atoms with van der Waals surface area (Å²) >= 11 is 5.63. The monoisotopic (exact) mass is 377 g/mol. The average Bonchev–Trinajstić information content (AvgIpc) is 2.83. The van der Waals surface area contributed by atoms with Gasteiger partial charge in [0.05, 0.1) is 16.1 Å². The van der Waals surface area contributed by atoms with Crippen molar-refractivity contribution in [2.45, 2.75) is 53.5 Å². The first-order valence-electron chi connectivity index (χ1n) is 8.23. The smallest absolute Gasteiger partial charge is 0.228 e. The van der Waals surface area contributed by atoms with E-state index in [4.69, 9.17) is 12.2 Å².